The molecule has 1 amide bonds. The topological polar surface area (TPSA) is 97.2 Å². The largest absolute Gasteiger partial charge is 0.503 e. The molecule has 2 aromatic heterocycles. The molecule has 3 aromatic rings. The van der Waals surface area contributed by atoms with Crippen molar-refractivity contribution >= 4 is 17.2 Å². The zero-order valence-electron chi connectivity index (χ0n) is 16.1. The van der Waals surface area contributed by atoms with Crippen molar-refractivity contribution in [3.63, 3.8) is 0 Å². The van der Waals surface area contributed by atoms with Crippen molar-refractivity contribution in [2.24, 2.45) is 0 Å². The minimum Gasteiger partial charge on any atom is -0.503 e. The summed E-state index contributed by atoms with van der Waals surface area (Å²) >= 11 is 1.42. The molecule has 1 atom stereocenters. The molecule has 7 nitrogen and oxygen atoms in total. The molecule has 2 N–H and O–H groups in total. The van der Waals surface area contributed by atoms with E-state index >= 15 is 0 Å². The lowest BCUT2D eigenvalue weighted by Crippen LogP contribution is -2.27. The fraction of sp³-hybridized carbons (Fsp3) is 0.300. The molecule has 0 aliphatic rings. The second-order valence-electron chi connectivity index (χ2n) is 6.63. The van der Waals surface area contributed by atoms with Gasteiger partial charge in [-0.3, -0.25) is 4.79 Å². The monoisotopic (exact) mass is 398 g/mol. The standard InChI is InChI=1S/C20H22N4O3S/c1-11(2)13-6-5-7-14(10-13)20-24-23-19(28-20)12(3)22-18(26)16-17(25)15(27-4)8-9-21-16/h5-12,25H,1-4H3,(H,22,26)/t12-/m0/s1. The average molecular weight is 398 g/mol. The van der Waals surface area contributed by atoms with Gasteiger partial charge in [0, 0.05) is 17.8 Å². The number of carbonyl (C=O) groups is 1. The maximum absolute atomic E-state index is 12.5. The summed E-state index contributed by atoms with van der Waals surface area (Å²) in [5, 5.41) is 22.8. The Morgan fingerprint density at radius 2 is 2.00 bits per heavy atom. The highest BCUT2D eigenvalue weighted by Gasteiger charge is 2.21. The summed E-state index contributed by atoms with van der Waals surface area (Å²) in [6.07, 6.45) is 1.41. The van der Waals surface area contributed by atoms with Crippen LogP contribution < -0.4 is 10.1 Å². The molecule has 0 aliphatic heterocycles. The molecule has 0 radical (unpaired) electrons. The molecular weight excluding hydrogens is 376 g/mol. The van der Waals surface area contributed by atoms with Gasteiger partial charge in [0.2, 0.25) is 0 Å². The van der Waals surface area contributed by atoms with Gasteiger partial charge < -0.3 is 15.2 Å². The van der Waals surface area contributed by atoms with Gasteiger partial charge in [-0.05, 0) is 24.5 Å². The molecule has 2 heterocycles. The van der Waals surface area contributed by atoms with Gasteiger partial charge >= 0.3 is 0 Å². The van der Waals surface area contributed by atoms with Crippen LogP contribution in [0.1, 0.15) is 53.8 Å². The van der Waals surface area contributed by atoms with Gasteiger partial charge in [-0.25, -0.2) is 4.98 Å². The second-order valence-corrected chi connectivity index (χ2v) is 7.64. The SMILES string of the molecule is COc1ccnc(C(=O)N[C@@H](C)c2nnc(-c3cccc(C(C)C)c3)s2)c1O. The lowest BCUT2D eigenvalue weighted by Gasteiger charge is -2.12. The molecular formula is C20H22N4O3S. The van der Waals surface area contributed by atoms with Gasteiger partial charge in [0.15, 0.2) is 17.2 Å². The molecule has 0 unspecified atom stereocenters. The van der Waals surface area contributed by atoms with E-state index in [1.54, 1.807) is 0 Å². The first-order valence-electron chi connectivity index (χ1n) is 8.87. The molecule has 3 rings (SSSR count). The first kappa shape index (κ1) is 19.8. The van der Waals surface area contributed by atoms with E-state index in [-0.39, 0.29) is 23.2 Å². The third-order valence-corrected chi connectivity index (χ3v) is 5.44. The minimum absolute atomic E-state index is 0.0967. The molecule has 0 spiro atoms. The lowest BCUT2D eigenvalue weighted by atomic mass is 10.0. The molecule has 146 valence electrons. The van der Waals surface area contributed by atoms with E-state index in [2.05, 4.69) is 46.5 Å². The minimum atomic E-state index is -0.512. The molecule has 0 aliphatic carbocycles. The molecule has 28 heavy (non-hydrogen) atoms. The normalized spacial score (nSPS) is 12.0. The Labute approximate surface area is 167 Å². The lowest BCUT2D eigenvalue weighted by molar-refractivity contribution is 0.0931. The van der Waals surface area contributed by atoms with Crippen molar-refractivity contribution < 1.29 is 14.6 Å². The molecule has 0 bridgehead atoms. The molecule has 0 saturated heterocycles. The number of aromatic hydroxyl groups is 1. The van der Waals surface area contributed by atoms with Crippen molar-refractivity contribution in [1.29, 1.82) is 0 Å². The second kappa shape index (κ2) is 8.35. The highest BCUT2D eigenvalue weighted by molar-refractivity contribution is 7.14. The number of ether oxygens (including phenoxy) is 1. The van der Waals surface area contributed by atoms with Crippen LogP contribution in [-0.2, 0) is 0 Å². The number of methoxy groups -OCH3 is 1. The van der Waals surface area contributed by atoms with Crippen LogP contribution in [0.15, 0.2) is 36.5 Å². The van der Waals surface area contributed by atoms with Crippen LogP contribution >= 0.6 is 11.3 Å². The van der Waals surface area contributed by atoms with E-state index < -0.39 is 5.91 Å². The van der Waals surface area contributed by atoms with Crippen LogP contribution in [0.3, 0.4) is 0 Å². The number of nitrogens with zero attached hydrogens (tertiary/aromatic N) is 3. The van der Waals surface area contributed by atoms with Crippen LogP contribution in [0, 0.1) is 0 Å². The molecule has 1 aromatic carbocycles. The van der Waals surface area contributed by atoms with Gasteiger partial charge in [0.05, 0.1) is 13.2 Å². The Balaban J connectivity index is 1.77. The Morgan fingerprint density at radius 1 is 1.21 bits per heavy atom. The summed E-state index contributed by atoms with van der Waals surface area (Å²) < 4.78 is 5.01. The van der Waals surface area contributed by atoms with Crippen molar-refractivity contribution in [2.45, 2.75) is 32.7 Å². The van der Waals surface area contributed by atoms with E-state index in [1.165, 1.54) is 36.3 Å². The summed E-state index contributed by atoms with van der Waals surface area (Å²) in [4.78, 5) is 16.4. The Bertz CT molecular complexity index is 987. The van der Waals surface area contributed by atoms with Crippen molar-refractivity contribution in [1.82, 2.24) is 20.5 Å². The number of benzene rings is 1. The zero-order valence-corrected chi connectivity index (χ0v) is 16.9. The van der Waals surface area contributed by atoms with Crippen molar-refractivity contribution in [2.75, 3.05) is 7.11 Å². The predicted molar refractivity (Wildman–Crippen MR) is 108 cm³/mol. The number of rotatable bonds is 6. The van der Waals surface area contributed by atoms with Gasteiger partial charge in [-0.1, -0.05) is 43.4 Å². The predicted octanol–water partition coefficient (Wildman–Crippen LogP) is 3.93. The van der Waals surface area contributed by atoms with Gasteiger partial charge in [0.25, 0.3) is 5.91 Å². The summed E-state index contributed by atoms with van der Waals surface area (Å²) in [6, 6.07) is 9.30. The van der Waals surface area contributed by atoms with Crippen LogP contribution in [0.2, 0.25) is 0 Å². The fourth-order valence-electron chi connectivity index (χ4n) is 2.65. The first-order chi connectivity index (χ1) is 13.4. The summed E-state index contributed by atoms with van der Waals surface area (Å²) in [5.41, 5.74) is 2.14. The Morgan fingerprint density at radius 3 is 2.71 bits per heavy atom. The summed E-state index contributed by atoms with van der Waals surface area (Å²) in [6.45, 7) is 6.10. The number of pyridine rings is 1. The summed E-state index contributed by atoms with van der Waals surface area (Å²) in [7, 11) is 1.41. The van der Waals surface area contributed by atoms with Gasteiger partial charge in [-0.15, -0.1) is 10.2 Å². The smallest absolute Gasteiger partial charge is 0.274 e. The number of hydrogen-bond acceptors (Lipinski definition) is 7. The maximum atomic E-state index is 12.5. The fourth-order valence-corrected chi connectivity index (χ4v) is 3.49. The maximum Gasteiger partial charge on any atom is 0.274 e. The van der Waals surface area contributed by atoms with Crippen LogP contribution in [0.4, 0.5) is 0 Å². The van der Waals surface area contributed by atoms with E-state index in [1.807, 2.05) is 19.1 Å². The van der Waals surface area contributed by atoms with Crippen LogP contribution in [-0.4, -0.2) is 33.3 Å². The number of amides is 1. The van der Waals surface area contributed by atoms with Crippen molar-refractivity contribution in [3.8, 4) is 22.1 Å². The molecule has 0 fully saturated rings. The van der Waals surface area contributed by atoms with Crippen molar-refractivity contribution in [3.05, 3.63) is 52.8 Å². The third kappa shape index (κ3) is 4.12. The van der Waals surface area contributed by atoms with Gasteiger partial charge in [0.1, 0.15) is 10.0 Å². The van der Waals surface area contributed by atoms with Crippen LogP contribution in [0.25, 0.3) is 10.6 Å². The number of nitrogens with one attached hydrogen (secondary N) is 1. The number of hydrogen-bond donors (Lipinski definition) is 2. The van der Waals surface area contributed by atoms with E-state index in [4.69, 9.17) is 4.74 Å². The van der Waals surface area contributed by atoms with E-state index in [0.717, 1.165) is 10.6 Å². The first-order valence-corrected chi connectivity index (χ1v) is 9.69. The Hall–Kier alpha value is -3.00. The Kier molecular flexibility index (Phi) is 5.89. The summed E-state index contributed by atoms with van der Waals surface area (Å²) in [5.74, 6) is -0.190. The molecule has 8 heteroatoms. The zero-order chi connectivity index (χ0) is 20.3. The highest BCUT2D eigenvalue weighted by atomic mass is 32.1. The highest BCUT2D eigenvalue weighted by Crippen LogP contribution is 2.30. The van der Waals surface area contributed by atoms with Gasteiger partial charge in [-0.2, -0.15) is 0 Å². The third-order valence-electron chi connectivity index (χ3n) is 4.28. The van der Waals surface area contributed by atoms with E-state index in [9.17, 15) is 9.90 Å². The quantitative estimate of drug-likeness (QED) is 0.653. The molecule has 0 saturated carbocycles. The van der Waals surface area contributed by atoms with E-state index in [0.29, 0.717) is 10.9 Å². The average Bonchev–Trinajstić information content (AvgIpc) is 3.18. The number of carbonyl (C=O) groups excluding carboxylic acids is 1. The van der Waals surface area contributed by atoms with Crippen LogP contribution in [0.5, 0.6) is 11.5 Å². The number of aromatic nitrogens is 3.